The predicted octanol–water partition coefficient (Wildman–Crippen LogP) is 2.59. The van der Waals surface area contributed by atoms with Crippen molar-refractivity contribution < 1.29 is 9.47 Å². The zero-order valence-corrected chi connectivity index (χ0v) is 12.4. The zero-order chi connectivity index (χ0) is 14.7. The number of hydrogen-bond acceptors (Lipinski definition) is 4. The van der Waals surface area contributed by atoms with Crippen molar-refractivity contribution in [3.63, 3.8) is 0 Å². The molecule has 1 aliphatic heterocycles. The first kappa shape index (κ1) is 14.0. The fourth-order valence-electron chi connectivity index (χ4n) is 2.89. The molecule has 0 bridgehead atoms. The number of nitrogens with one attached hydrogen (secondary N) is 1. The van der Waals surface area contributed by atoms with Gasteiger partial charge in [-0.3, -0.25) is 0 Å². The lowest BCUT2D eigenvalue weighted by atomic mass is 9.90. The van der Waals surface area contributed by atoms with Crippen molar-refractivity contribution >= 4 is 0 Å². The Morgan fingerprint density at radius 2 is 2.29 bits per heavy atom. The molecule has 0 saturated heterocycles. The number of methoxy groups -OCH3 is 1. The summed E-state index contributed by atoms with van der Waals surface area (Å²) in [5, 5.41) is 3.20. The zero-order valence-electron chi connectivity index (χ0n) is 12.4. The molecule has 0 amide bonds. The SMILES string of the molecule is CNC[C@H]1OCCc2c(-c3ccnc(OC)c3)cccc21. The number of pyridine rings is 1. The van der Waals surface area contributed by atoms with E-state index in [1.165, 1.54) is 16.7 Å². The van der Waals surface area contributed by atoms with E-state index >= 15 is 0 Å². The van der Waals surface area contributed by atoms with Gasteiger partial charge in [-0.05, 0) is 41.8 Å². The second-order valence-electron chi connectivity index (χ2n) is 5.13. The van der Waals surface area contributed by atoms with Crippen LogP contribution in [0.25, 0.3) is 11.1 Å². The number of ether oxygens (including phenoxy) is 2. The molecule has 1 aromatic heterocycles. The summed E-state index contributed by atoms with van der Waals surface area (Å²) in [5.41, 5.74) is 5.04. The van der Waals surface area contributed by atoms with E-state index in [0.29, 0.717) is 5.88 Å². The van der Waals surface area contributed by atoms with Crippen LogP contribution in [-0.4, -0.2) is 32.3 Å². The monoisotopic (exact) mass is 284 g/mol. The molecule has 1 N–H and O–H groups in total. The highest BCUT2D eigenvalue weighted by Crippen LogP contribution is 2.34. The molecule has 4 nitrogen and oxygen atoms in total. The third-order valence-electron chi connectivity index (χ3n) is 3.87. The van der Waals surface area contributed by atoms with Crippen LogP contribution < -0.4 is 10.1 Å². The van der Waals surface area contributed by atoms with Gasteiger partial charge in [-0.2, -0.15) is 0 Å². The minimum absolute atomic E-state index is 0.127. The Hall–Kier alpha value is -1.91. The first-order chi connectivity index (χ1) is 10.3. The summed E-state index contributed by atoms with van der Waals surface area (Å²) in [6.07, 6.45) is 2.86. The van der Waals surface area contributed by atoms with Crippen molar-refractivity contribution in [1.82, 2.24) is 10.3 Å². The van der Waals surface area contributed by atoms with E-state index in [9.17, 15) is 0 Å². The molecule has 0 spiro atoms. The van der Waals surface area contributed by atoms with Crippen LogP contribution >= 0.6 is 0 Å². The molecule has 2 heterocycles. The number of rotatable bonds is 4. The van der Waals surface area contributed by atoms with Crippen LogP contribution in [0.5, 0.6) is 5.88 Å². The molecular formula is C17H20N2O2. The Morgan fingerprint density at radius 1 is 1.38 bits per heavy atom. The van der Waals surface area contributed by atoms with Gasteiger partial charge in [0, 0.05) is 18.8 Å². The quantitative estimate of drug-likeness (QED) is 0.937. The van der Waals surface area contributed by atoms with Crippen molar-refractivity contribution in [2.75, 3.05) is 27.3 Å². The third kappa shape index (κ3) is 2.77. The van der Waals surface area contributed by atoms with Gasteiger partial charge in [0.05, 0.1) is 19.8 Å². The van der Waals surface area contributed by atoms with Crippen molar-refractivity contribution in [2.45, 2.75) is 12.5 Å². The first-order valence-electron chi connectivity index (χ1n) is 7.22. The summed E-state index contributed by atoms with van der Waals surface area (Å²) in [4.78, 5) is 4.18. The highest BCUT2D eigenvalue weighted by molar-refractivity contribution is 5.70. The van der Waals surface area contributed by atoms with Crippen molar-refractivity contribution in [1.29, 1.82) is 0 Å². The van der Waals surface area contributed by atoms with Gasteiger partial charge in [0.15, 0.2) is 0 Å². The van der Waals surface area contributed by atoms with Crippen LogP contribution in [0, 0.1) is 0 Å². The number of fused-ring (bicyclic) bond motifs is 1. The van der Waals surface area contributed by atoms with Gasteiger partial charge < -0.3 is 14.8 Å². The molecule has 110 valence electrons. The number of likely N-dealkylation sites (N-methyl/N-ethyl adjacent to an activating group) is 1. The number of aromatic nitrogens is 1. The Balaban J connectivity index is 2.05. The highest BCUT2D eigenvalue weighted by atomic mass is 16.5. The third-order valence-corrected chi connectivity index (χ3v) is 3.87. The van der Waals surface area contributed by atoms with Gasteiger partial charge in [-0.25, -0.2) is 4.98 Å². The summed E-state index contributed by atoms with van der Waals surface area (Å²) in [6.45, 7) is 1.59. The van der Waals surface area contributed by atoms with Gasteiger partial charge in [-0.1, -0.05) is 18.2 Å². The minimum Gasteiger partial charge on any atom is -0.481 e. The second-order valence-corrected chi connectivity index (χ2v) is 5.13. The number of nitrogens with zero attached hydrogens (tertiary/aromatic N) is 1. The van der Waals surface area contributed by atoms with Gasteiger partial charge in [0.2, 0.25) is 5.88 Å². The molecule has 0 radical (unpaired) electrons. The second kappa shape index (κ2) is 6.24. The average molecular weight is 284 g/mol. The molecule has 0 saturated carbocycles. The highest BCUT2D eigenvalue weighted by Gasteiger charge is 2.22. The Morgan fingerprint density at radius 3 is 3.10 bits per heavy atom. The Kier molecular flexibility index (Phi) is 4.18. The van der Waals surface area contributed by atoms with E-state index < -0.39 is 0 Å². The fraction of sp³-hybridized carbons (Fsp3) is 0.353. The summed E-state index contributed by atoms with van der Waals surface area (Å²) >= 11 is 0. The Labute approximate surface area is 125 Å². The maximum Gasteiger partial charge on any atom is 0.213 e. The van der Waals surface area contributed by atoms with E-state index in [0.717, 1.165) is 25.1 Å². The molecule has 1 aromatic carbocycles. The van der Waals surface area contributed by atoms with Crippen LogP contribution in [0.4, 0.5) is 0 Å². The maximum absolute atomic E-state index is 5.88. The predicted molar refractivity (Wildman–Crippen MR) is 82.5 cm³/mol. The summed E-state index contributed by atoms with van der Waals surface area (Å²) in [6, 6.07) is 10.4. The number of hydrogen-bond donors (Lipinski definition) is 1. The molecule has 4 heteroatoms. The van der Waals surface area contributed by atoms with Crippen LogP contribution in [0.3, 0.4) is 0 Å². The van der Waals surface area contributed by atoms with Gasteiger partial charge >= 0.3 is 0 Å². The maximum atomic E-state index is 5.88. The van der Waals surface area contributed by atoms with Crippen molar-refractivity contribution in [3.05, 3.63) is 47.7 Å². The van der Waals surface area contributed by atoms with Crippen LogP contribution in [0.15, 0.2) is 36.5 Å². The molecule has 21 heavy (non-hydrogen) atoms. The minimum atomic E-state index is 0.127. The molecule has 1 atom stereocenters. The first-order valence-corrected chi connectivity index (χ1v) is 7.22. The van der Waals surface area contributed by atoms with E-state index in [1.54, 1.807) is 13.3 Å². The average Bonchev–Trinajstić information content (AvgIpc) is 2.55. The molecule has 2 aromatic rings. The van der Waals surface area contributed by atoms with E-state index in [2.05, 4.69) is 28.5 Å². The topological polar surface area (TPSA) is 43.4 Å². The normalized spacial score (nSPS) is 17.3. The van der Waals surface area contributed by atoms with Gasteiger partial charge in [0.1, 0.15) is 0 Å². The van der Waals surface area contributed by atoms with Gasteiger partial charge in [0.25, 0.3) is 0 Å². The van der Waals surface area contributed by atoms with Crippen LogP contribution in [0.1, 0.15) is 17.2 Å². The standard InChI is InChI=1S/C17H20N2O2/c1-18-11-16-15-5-3-4-13(14(15)7-9-21-16)12-6-8-19-17(10-12)20-2/h3-6,8,10,16,18H,7,9,11H2,1-2H3/t16-/m1/s1. The largest absolute Gasteiger partial charge is 0.481 e. The summed E-state index contributed by atoms with van der Waals surface area (Å²) < 4.78 is 11.1. The lowest BCUT2D eigenvalue weighted by Gasteiger charge is -2.28. The van der Waals surface area contributed by atoms with Crippen molar-refractivity contribution in [2.24, 2.45) is 0 Å². The van der Waals surface area contributed by atoms with Crippen molar-refractivity contribution in [3.8, 4) is 17.0 Å². The fourth-order valence-corrected chi connectivity index (χ4v) is 2.89. The molecule has 0 unspecified atom stereocenters. The van der Waals surface area contributed by atoms with Crippen LogP contribution in [0.2, 0.25) is 0 Å². The lowest BCUT2D eigenvalue weighted by Crippen LogP contribution is -2.25. The summed E-state index contributed by atoms with van der Waals surface area (Å²) in [5.74, 6) is 0.643. The molecule has 0 fully saturated rings. The van der Waals surface area contributed by atoms with Crippen LogP contribution in [-0.2, 0) is 11.2 Å². The van der Waals surface area contributed by atoms with E-state index in [1.807, 2.05) is 19.2 Å². The molecule has 0 aliphatic carbocycles. The smallest absolute Gasteiger partial charge is 0.213 e. The van der Waals surface area contributed by atoms with E-state index in [4.69, 9.17) is 9.47 Å². The number of benzene rings is 1. The Bertz CT molecular complexity index is 628. The summed E-state index contributed by atoms with van der Waals surface area (Å²) in [7, 11) is 3.60. The van der Waals surface area contributed by atoms with E-state index in [-0.39, 0.29) is 6.10 Å². The lowest BCUT2D eigenvalue weighted by molar-refractivity contribution is 0.0440. The molecule has 1 aliphatic rings. The molecular weight excluding hydrogens is 264 g/mol. The van der Waals surface area contributed by atoms with Gasteiger partial charge in [-0.15, -0.1) is 0 Å². The molecule has 3 rings (SSSR count).